The number of hydrogen-bond donors (Lipinski definition) is 1. The largest absolute Gasteiger partial charge is 0.406 e. The van der Waals surface area contributed by atoms with E-state index in [0.29, 0.717) is 70.7 Å². The summed E-state index contributed by atoms with van der Waals surface area (Å²) in [6, 6.07) is 5.12. The van der Waals surface area contributed by atoms with Crippen LogP contribution < -0.4 is 5.69 Å². The van der Waals surface area contributed by atoms with E-state index in [1.54, 1.807) is 38.7 Å². The average Bonchev–Trinajstić information content (AvgIpc) is 3.50. The van der Waals surface area contributed by atoms with E-state index in [1.807, 2.05) is 13.0 Å². The number of imidazole rings is 1. The third-order valence-corrected chi connectivity index (χ3v) is 8.61. The Kier molecular flexibility index (Phi) is 7.24. The summed E-state index contributed by atoms with van der Waals surface area (Å²) in [4.78, 5) is 48.9. The van der Waals surface area contributed by atoms with E-state index in [-0.39, 0.29) is 37.0 Å². The van der Waals surface area contributed by atoms with Gasteiger partial charge in [-0.15, -0.1) is 0 Å². The van der Waals surface area contributed by atoms with Gasteiger partial charge in [-0.3, -0.25) is 23.8 Å². The highest BCUT2D eigenvalue weighted by Gasteiger charge is 2.40. The number of likely N-dealkylation sites (tertiary alicyclic amines) is 1. The van der Waals surface area contributed by atoms with Crippen LogP contribution in [0.5, 0.6) is 0 Å². The molecule has 2 aliphatic rings. The Bertz CT molecular complexity index is 1740. The number of nitrogens with one attached hydrogen (secondary N) is 1. The molecule has 3 aromatic heterocycles. The Balaban J connectivity index is 1.23. The van der Waals surface area contributed by atoms with Crippen molar-refractivity contribution in [2.24, 2.45) is 5.92 Å². The van der Waals surface area contributed by atoms with Crippen molar-refractivity contribution < 1.29 is 22.8 Å². The van der Waals surface area contributed by atoms with Crippen molar-refractivity contribution in [1.29, 1.82) is 0 Å². The molecule has 0 saturated carbocycles. The Labute approximate surface area is 243 Å². The molecule has 5 heterocycles. The maximum absolute atomic E-state index is 13.6. The molecule has 2 aliphatic heterocycles. The number of aryl methyl sites for hydroxylation is 1. The van der Waals surface area contributed by atoms with E-state index >= 15 is 0 Å². The first-order valence-corrected chi connectivity index (χ1v) is 14.3. The molecule has 6 rings (SSSR count). The van der Waals surface area contributed by atoms with Gasteiger partial charge in [-0.1, -0.05) is 11.6 Å². The van der Waals surface area contributed by atoms with E-state index in [0.717, 1.165) is 4.90 Å². The molecular formula is C28H29ClF3N7O3. The van der Waals surface area contributed by atoms with E-state index < -0.39 is 24.5 Å². The number of fused-ring (bicyclic) bond motifs is 4. The predicted octanol–water partition coefficient (Wildman–Crippen LogP) is 4.06. The lowest BCUT2D eigenvalue weighted by atomic mass is 9.92. The maximum Gasteiger partial charge on any atom is 0.406 e. The van der Waals surface area contributed by atoms with E-state index in [1.165, 1.54) is 0 Å². The van der Waals surface area contributed by atoms with Crippen molar-refractivity contribution in [1.82, 2.24) is 34.1 Å². The summed E-state index contributed by atoms with van der Waals surface area (Å²) in [5, 5.41) is 5.33. The Morgan fingerprint density at radius 1 is 1.21 bits per heavy atom. The fourth-order valence-corrected chi connectivity index (χ4v) is 6.70. The first kappa shape index (κ1) is 28.3. The molecule has 4 aromatic rings. The second-order valence-electron chi connectivity index (χ2n) is 10.9. The van der Waals surface area contributed by atoms with E-state index in [9.17, 15) is 27.6 Å². The number of H-pyrrole nitrogens is 1. The zero-order chi connectivity index (χ0) is 29.8. The molecule has 1 unspecified atom stereocenters. The van der Waals surface area contributed by atoms with Crippen molar-refractivity contribution in [3.63, 3.8) is 0 Å². The highest BCUT2D eigenvalue weighted by molar-refractivity contribution is 6.35. The molecule has 1 N–H and O–H groups in total. The zero-order valence-electron chi connectivity index (χ0n) is 22.8. The number of rotatable bonds is 5. The SMILES string of the molecule is CCn1ncc2c3c(cc(Cl)c21)CC(CC(=O)N1CCC(n2c(=O)[nH]c4ncccc42)CC1)C(=O)N(CC(F)(F)F)C3. The van der Waals surface area contributed by atoms with Crippen LogP contribution in [0.25, 0.3) is 22.1 Å². The number of pyridine rings is 1. The van der Waals surface area contributed by atoms with Gasteiger partial charge in [-0.2, -0.15) is 18.3 Å². The molecule has 222 valence electrons. The highest BCUT2D eigenvalue weighted by atomic mass is 35.5. The van der Waals surface area contributed by atoms with Crippen molar-refractivity contribution in [2.45, 2.75) is 57.9 Å². The Morgan fingerprint density at radius 2 is 1.98 bits per heavy atom. The lowest BCUT2D eigenvalue weighted by molar-refractivity contribution is -0.165. The number of nitrogens with zero attached hydrogens (tertiary/aromatic N) is 6. The van der Waals surface area contributed by atoms with Crippen LogP contribution in [0, 0.1) is 5.92 Å². The van der Waals surface area contributed by atoms with Gasteiger partial charge in [0.1, 0.15) is 6.54 Å². The maximum atomic E-state index is 13.6. The van der Waals surface area contributed by atoms with E-state index in [2.05, 4.69) is 15.1 Å². The number of hydrogen-bond acceptors (Lipinski definition) is 5. The third-order valence-electron chi connectivity index (χ3n) is 8.32. The molecule has 1 aromatic carbocycles. The number of halogens is 4. The lowest BCUT2D eigenvalue weighted by Crippen LogP contribution is -2.44. The quantitative estimate of drug-likeness (QED) is 0.370. The van der Waals surface area contributed by atoms with Gasteiger partial charge in [0, 0.05) is 50.2 Å². The van der Waals surface area contributed by atoms with Gasteiger partial charge < -0.3 is 9.80 Å². The van der Waals surface area contributed by atoms with Gasteiger partial charge >= 0.3 is 11.9 Å². The van der Waals surface area contributed by atoms with Gasteiger partial charge in [0.15, 0.2) is 5.65 Å². The predicted molar refractivity (Wildman–Crippen MR) is 149 cm³/mol. The first-order chi connectivity index (χ1) is 20.0. The molecule has 0 spiro atoms. The van der Waals surface area contributed by atoms with Gasteiger partial charge in [-0.25, -0.2) is 9.78 Å². The number of benzene rings is 1. The number of aromatic nitrogens is 5. The van der Waals surface area contributed by atoms with Crippen LogP contribution in [0.1, 0.15) is 43.4 Å². The number of piperidine rings is 1. The van der Waals surface area contributed by atoms with Crippen molar-refractivity contribution in [3.05, 3.63) is 57.2 Å². The lowest BCUT2D eigenvalue weighted by Gasteiger charge is -2.33. The third kappa shape index (κ3) is 5.14. The summed E-state index contributed by atoms with van der Waals surface area (Å²) in [5.41, 5.74) is 2.75. The number of aromatic amines is 1. The van der Waals surface area contributed by atoms with Gasteiger partial charge in [0.25, 0.3) is 0 Å². The van der Waals surface area contributed by atoms with Crippen LogP contribution in [0.4, 0.5) is 13.2 Å². The smallest absolute Gasteiger partial charge is 0.343 e. The number of amides is 2. The Morgan fingerprint density at radius 3 is 2.69 bits per heavy atom. The summed E-state index contributed by atoms with van der Waals surface area (Å²) >= 11 is 6.59. The van der Waals surface area contributed by atoms with Crippen LogP contribution in [-0.2, 0) is 29.1 Å². The summed E-state index contributed by atoms with van der Waals surface area (Å²) in [5.74, 6) is -1.99. The standard InChI is InChI=1S/C28H29ClF3N7O3/c1-2-38-24-19(13-34-38)20-14-37(15-28(30,31)32)26(41)17(10-16(20)11-21(24)29)12-23(40)36-8-5-18(6-9-36)39-22-4-3-7-33-25(22)35-27(39)42/h3-4,7,11,13,17-18H,2,5-6,8-10,12,14-15H2,1H3,(H,33,35,42). The molecule has 1 atom stereocenters. The van der Waals surface area contributed by atoms with Gasteiger partial charge in [-0.05, 0) is 55.5 Å². The van der Waals surface area contributed by atoms with Crippen LogP contribution in [0.3, 0.4) is 0 Å². The van der Waals surface area contributed by atoms with Gasteiger partial charge in [0.05, 0.1) is 28.2 Å². The normalized spacial score (nSPS) is 18.6. The monoisotopic (exact) mass is 603 g/mol. The molecule has 0 bridgehead atoms. The second kappa shape index (κ2) is 10.8. The van der Waals surface area contributed by atoms with E-state index in [4.69, 9.17) is 11.6 Å². The van der Waals surface area contributed by atoms with Crippen molar-refractivity contribution >= 4 is 45.5 Å². The highest BCUT2D eigenvalue weighted by Crippen LogP contribution is 2.36. The molecule has 0 radical (unpaired) electrons. The molecule has 1 fully saturated rings. The summed E-state index contributed by atoms with van der Waals surface area (Å²) in [6.07, 6.45) is -0.528. The second-order valence-corrected chi connectivity index (χ2v) is 11.3. The first-order valence-electron chi connectivity index (χ1n) is 13.9. The summed E-state index contributed by atoms with van der Waals surface area (Å²) < 4.78 is 44.1. The molecule has 0 aliphatic carbocycles. The van der Waals surface area contributed by atoms with Crippen molar-refractivity contribution in [2.75, 3.05) is 19.6 Å². The molecule has 10 nitrogen and oxygen atoms in total. The fourth-order valence-electron chi connectivity index (χ4n) is 6.37. The van der Waals surface area contributed by atoms with Gasteiger partial charge in [0.2, 0.25) is 11.8 Å². The zero-order valence-corrected chi connectivity index (χ0v) is 23.6. The summed E-state index contributed by atoms with van der Waals surface area (Å²) in [7, 11) is 0. The molecule has 1 saturated heterocycles. The minimum Gasteiger partial charge on any atom is -0.343 e. The summed E-state index contributed by atoms with van der Waals surface area (Å²) in [6.45, 7) is 1.45. The Hall–Kier alpha value is -3.87. The molecular weight excluding hydrogens is 575 g/mol. The van der Waals surface area contributed by atoms with Crippen LogP contribution in [0.2, 0.25) is 5.02 Å². The average molecular weight is 604 g/mol. The minimum atomic E-state index is -4.61. The molecule has 14 heteroatoms. The van der Waals surface area contributed by atoms with Crippen LogP contribution in [0.15, 0.2) is 35.4 Å². The van der Waals surface area contributed by atoms with Crippen molar-refractivity contribution in [3.8, 4) is 0 Å². The van der Waals surface area contributed by atoms with Crippen LogP contribution in [-0.4, -0.2) is 71.7 Å². The number of carbonyl (C=O) groups is 2. The number of alkyl halides is 3. The topological polar surface area (TPSA) is 109 Å². The van der Waals surface area contributed by atoms with Crippen LogP contribution >= 0.6 is 11.6 Å². The molecule has 2 amide bonds. The molecule has 42 heavy (non-hydrogen) atoms. The number of carbonyl (C=O) groups excluding carboxylic acids is 2. The fraction of sp³-hybridized carbons (Fsp3) is 0.464. The minimum absolute atomic E-state index is 0.0927.